The van der Waals surface area contributed by atoms with Crippen molar-refractivity contribution in [1.82, 2.24) is 0 Å². The third kappa shape index (κ3) is 2.42. The minimum absolute atomic E-state index is 0.120. The van der Waals surface area contributed by atoms with Gasteiger partial charge in [0.05, 0.1) is 11.5 Å². The van der Waals surface area contributed by atoms with Crippen molar-refractivity contribution in [3.8, 4) is 0 Å². The number of aryl methyl sites for hydroxylation is 1. The highest BCUT2D eigenvalue weighted by Gasteiger charge is 2.33. The fourth-order valence-corrected chi connectivity index (χ4v) is 1.54. The molecule has 1 aromatic rings. The van der Waals surface area contributed by atoms with Crippen LogP contribution in [-0.4, -0.2) is 30.4 Å². The second-order valence-electron chi connectivity index (χ2n) is 3.75. The molecule has 0 fully saturated rings. The van der Waals surface area contributed by atoms with E-state index < -0.39 is 23.8 Å². The predicted octanol–water partition coefficient (Wildman–Crippen LogP) is 1.71. The van der Waals surface area contributed by atoms with Crippen LogP contribution in [0.1, 0.15) is 11.1 Å². The van der Waals surface area contributed by atoms with Crippen LogP contribution in [0.5, 0.6) is 0 Å². The van der Waals surface area contributed by atoms with Crippen molar-refractivity contribution >= 4 is 5.69 Å². The van der Waals surface area contributed by atoms with Crippen LogP contribution in [0.2, 0.25) is 0 Å². The molecule has 0 saturated heterocycles. The number of ether oxygens (including phenoxy) is 1. The van der Waals surface area contributed by atoms with E-state index in [0.717, 1.165) is 0 Å². The summed E-state index contributed by atoms with van der Waals surface area (Å²) in [7, 11) is 1.25. The lowest BCUT2D eigenvalue weighted by atomic mass is 9.94. The first-order chi connectivity index (χ1) is 8.00. The molecule has 0 aliphatic rings. The summed E-state index contributed by atoms with van der Waals surface area (Å²) in [5.74, 6) is 0. The summed E-state index contributed by atoms with van der Waals surface area (Å²) in [6.45, 7) is 0.0468. The van der Waals surface area contributed by atoms with Gasteiger partial charge in [0.1, 0.15) is 12.3 Å². The molecule has 94 valence electrons. The summed E-state index contributed by atoms with van der Waals surface area (Å²) in [6, 6.07) is 4.25. The molecule has 1 unspecified atom stereocenters. The third-order valence-corrected chi connectivity index (χ3v) is 2.79. The smallest absolute Gasteiger partial charge is 0.272 e. The third-order valence-electron chi connectivity index (χ3n) is 2.79. The molecule has 0 heterocycles. The molecule has 1 N–H and O–H groups in total. The van der Waals surface area contributed by atoms with Gasteiger partial charge in [0.2, 0.25) is 0 Å². The number of aliphatic hydroxyl groups excluding tert-OH is 1. The van der Waals surface area contributed by atoms with E-state index in [1.54, 1.807) is 6.92 Å². The number of nitrogens with zero attached hydrogens (tertiary/aromatic N) is 1. The van der Waals surface area contributed by atoms with E-state index in [-0.39, 0.29) is 11.3 Å². The van der Waals surface area contributed by atoms with Crippen LogP contribution in [0.15, 0.2) is 18.2 Å². The second kappa shape index (κ2) is 5.20. The molecule has 6 heteroatoms. The van der Waals surface area contributed by atoms with Gasteiger partial charge >= 0.3 is 0 Å². The van der Waals surface area contributed by atoms with E-state index in [1.165, 1.54) is 25.3 Å². The summed E-state index contributed by atoms with van der Waals surface area (Å²) < 4.78 is 17.9. The second-order valence-corrected chi connectivity index (χ2v) is 3.75. The van der Waals surface area contributed by atoms with E-state index in [9.17, 15) is 19.6 Å². The molecule has 0 spiro atoms. The highest BCUT2D eigenvalue weighted by molar-refractivity contribution is 5.44. The van der Waals surface area contributed by atoms with Gasteiger partial charge in [-0.3, -0.25) is 10.1 Å². The van der Waals surface area contributed by atoms with Gasteiger partial charge in [-0.2, -0.15) is 0 Å². The zero-order chi connectivity index (χ0) is 13.1. The van der Waals surface area contributed by atoms with Crippen LogP contribution in [-0.2, 0) is 10.3 Å². The lowest BCUT2D eigenvalue weighted by molar-refractivity contribution is -0.385. The van der Waals surface area contributed by atoms with Crippen LogP contribution in [0.25, 0.3) is 0 Å². The monoisotopic (exact) mass is 243 g/mol. The summed E-state index contributed by atoms with van der Waals surface area (Å²) >= 11 is 0. The van der Waals surface area contributed by atoms with E-state index in [0.29, 0.717) is 5.56 Å². The number of alkyl halides is 1. The van der Waals surface area contributed by atoms with Crippen molar-refractivity contribution in [2.45, 2.75) is 12.5 Å². The predicted molar refractivity (Wildman–Crippen MR) is 59.6 cm³/mol. The average molecular weight is 243 g/mol. The summed E-state index contributed by atoms with van der Waals surface area (Å²) in [5.41, 5.74) is -0.924. The molecule has 17 heavy (non-hydrogen) atoms. The number of nitro benzene ring substituents is 1. The Morgan fingerprint density at radius 2 is 2.24 bits per heavy atom. The Kier molecular flexibility index (Phi) is 4.14. The van der Waals surface area contributed by atoms with E-state index in [4.69, 9.17) is 4.74 Å². The standard InChI is InChI=1S/C11H14FNO4/c1-8-3-4-9(5-10(8)13(15)16)11(6-12,7-14)17-2/h3-5,14H,6-7H2,1-2H3. The van der Waals surface area contributed by atoms with Crippen molar-refractivity contribution < 1.29 is 19.2 Å². The van der Waals surface area contributed by atoms with Gasteiger partial charge in [-0.1, -0.05) is 12.1 Å². The number of rotatable bonds is 5. The Morgan fingerprint density at radius 3 is 2.65 bits per heavy atom. The molecule has 0 radical (unpaired) electrons. The lowest BCUT2D eigenvalue weighted by Gasteiger charge is -2.27. The van der Waals surface area contributed by atoms with Crippen molar-refractivity contribution in [3.05, 3.63) is 39.4 Å². The van der Waals surface area contributed by atoms with Gasteiger partial charge in [0.15, 0.2) is 0 Å². The Bertz CT molecular complexity index is 410. The molecular weight excluding hydrogens is 229 g/mol. The molecule has 1 rings (SSSR count). The maximum Gasteiger partial charge on any atom is 0.272 e. The summed E-state index contributed by atoms with van der Waals surface area (Å²) in [4.78, 5) is 10.2. The van der Waals surface area contributed by atoms with Gasteiger partial charge in [0.25, 0.3) is 5.69 Å². The van der Waals surface area contributed by atoms with Gasteiger partial charge in [-0.15, -0.1) is 0 Å². The Morgan fingerprint density at radius 1 is 1.59 bits per heavy atom. The van der Waals surface area contributed by atoms with Gasteiger partial charge in [-0.05, 0) is 12.5 Å². The molecule has 5 nitrogen and oxygen atoms in total. The Hall–Kier alpha value is -1.53. The molecule has 0 saturated carbocycles. The topological polar surface area (TPSA) is 72.6 Å². The fraction of sp³-hybridized carbons (Fsp3) is 0.455. The van der Waals surface area contributed by atoms with Crippen molar-refractivity contribution in [1.29, 1.82) is 0 Å². The Labute approximate surface area is 98.0 Å². The first-order valence-electron chi connectivity index (χ1n) is 4.98. The number of hydrogen-bond donors (Lipinski definition) is 1. The zero-order valence-corrected chi connectivity index (χ0v) is 9.64. The molecular formula is C11H14FNO4. The number of halogens is 1. The van der Waals surface area contributed by atoms with Crippen molar-refractivity contribution in [2.24, 2.45) is 0 Å². The van der Waals surface area contributed by atoms with Crippen molar-refractivity contribution in [3.63, 3.8) is 0 Å². The molecule has 0 amide bonds. The molecule has 1 atom stereocenters. The molecule has 0 aromatic heterocycles. The summed E-state index contributed by atoms with van der Waals surface area (Å²) in [6.07, 6.45) is 0. The van der Waals surface area contributed by atoms with Gasteiger partial charge < -0.3 is 9.84 Å². The SMILES string of the molecule is COC(CO)(CF)c1ccc(C)c([N+](=O)[O-])c1. The molecule has 0 aliphatic heterocycles. The van der Waals surface area contributed by atoms with Crippen LogP contribution in [0.4, 0.5) is 10.1 Å². The average Bonchev–Trinajstić information content (AvgIpc) is 2.33. The van der Waals surface area contributed by atoms with Crippen molar-refractivity contribution in [2.75, 3.05) is 20.4 Å². The van der Waals surface area contributed by atoms with Gasteiger partial charge in [0, 0.05) is 18.7 Å². The molecule has 0 bridgehead atoms. The minimum atomic E-state index is -1.53. The number of hydrogen-bond acceptors (Lipinski definition) is 4. The van der Waals surface area contributed by atoms with E-state index >= 15 is 0 Å². The number of nitro groups is 1. The van der Waals surface area contributed by atoms with Crippen LogP contribution in [0, 0.1) is 17.0 Å². The van der Waals surface area contributed by atoms with Crippen LogP contribution in [0.3, 0.4) is 0 Å². The Balaban J connectivity index is 3.31. The minimum Gasteiger partial charge on any atom is -0.393 e. The maximum atomic E-state index is 13.0. The highest BCUT2D eigenvalue weighted by Crippen LogP contribution is 2.30. The highest BCUT2D eigenvalue weighted by atomic mass is 19.1. The largest absolute Gasteiger partial charge is 0.393 e. The number of aliphatic hydroxyl groups is 1. The van der Waals surface area contributed by atoms with Crippen LogP contribution < -0.4 is 0 Å². The first kappa shape index (κ1) is 13.5. The lowest BCUT2D eigenvalue weighted by Crippen LogP contribution is -2.35. The zero-order valence-electron chi connectivity index (χ0n) is 9.64. The molecule has 1 aromatic carbocycles. The van der Waals surface area contributed by atoms with E-state index in [2.05, 4.69) is 0 Å². The number of methoxy groups -OCH3 is 1. The normalized spacial score (nSPS) is 14.4. The summed E-state index contributed by atoms with van der Waals surface area (Å²) in [5, 5.41) is 20.0. The fourth-order valence-electron chi connectivity index (χ4n) is 1.54. The van der Waals surface area contributed by atoms with Gasteiger partial charge in [-0.25, -0.2) is 4.39 Å². The maximum absolute atomic E-state index is 13.0. The number of benzene rings is 1. The van der Waals surface area contributed by atoms with Crippen LogP contribution >= 0.6 is 0 Å². The first-order valence-corrected chi connectivity index (χ1v) is 4.98. The quantitative estimate of drug-likeness (QED) is 0.631. The van der Waals surface area contributed by atoms with E-state index in [1.807, 2.05) is 0 Å². The molecule has 0 aliphatic carbocycles.